The number of ether oxygens (including phenoxy) is 1. The normalized spacial score (nSPS) is 10.7. The van der Waals surface area contributed by atoms with Crippen LogP contribution in [0.15, 0.2) is 40.5 Å². The molecule has 1 aromatic carbocycles. The maximum absolute atomic E-state index is 12.4. The minimum atomic E-state index is -0.176. The molecule has 7 heteroatoms. The van der Waals surface area contributed by atoms with Crippen molar-refractivity contribution in [1.82, 2.24) is 14.9 Å². The van der Waals surface area contributed by atoms with Crippen molar-refractivity contribution >= 4 is 27.5 Å². The number of methoxy groups -OCH3 is 1. The standard InChI is InChI=1S/C16H15N3O3S/c1-19(16(21)10-3-5-11(22-2)6-4-10)9-13-17-12-7-8-23-14(12)15(20)18-13/h3-8H,9H2,1-2H3,(H,17,18,20). The lowest BCUT2D eigenvalue weighted by Gasteiger charge is -2.16. The highest BCUT2D eigenvalue weighted by Crippen LogP contribution is 2.15. The molecule has 0 fully saturated rings. The van der Waals surface area contributed by atoms with Gasteiger partial charge in [-0.05, 0) is 35.7 Å². The van der Waals surface area contributed by atoms with Crippen LogP contribution in [0.4, 0.5) is 0 Å². The lowest BCUT2D eigenvalue weighted by atomic mass is 10.2. The number of aromatic amines is 1. The lowest BCUT2D eigenvalue weighted by molar-refractivity contribution is 0.0781. The smallest absolute Gasteiger partial charge is 0.268 e. The fourth-order valence-electron chi connectivity index (χ4n) is 2.25. The minimum absolute atomic E-state index is 0.152. The third kappa shape index (κ3) is 3.09. The molecule has 0 saturated carbocycles. The van der Waals surface area contributed by atoms with E-state index in [1.807, 2.05) is 5.38 Å². The molecule has 2 aromatic heterocycles. The Bertz CT molecular complexity index is 899. The monoisotopic (exact) mass is 329 g/mol. The molecule has 1 N–H and O–H groups in total. The van der Waals surface area contributed by atoms with Crippen molar-refractivity contribution in [3.8, 4) is 5.75 Å². The van der Waals surface area contributed by atoms with E-state index in [2.05, 4.69) is 9.97 Å². The average molecular weight is 329 g/mol. The van der Waals surface area contributed by atoms with E-state index >= 15 is 0 Å². The van der Waals surface area contributed by atoms with E-state index in [1.54, 1.807) is 44.5 Å². The average Bonchev–Trinajstić information content (AvgIpc) is 3.03. The predicted octanol–water partition coefficient (Wildman–Crippen LogP) is 2.27. The Labute approximate surface area is 136 Å². The first-order valence-corrected chi connectivity index (χ1v) is 7.82. The van der Waals surface area contributed by atoms with Crippen LogP contribution in [-0.2, 0) is 6.54 Å². The van der Waals surface area contributed by atoms with Crippen LogP contribution in [0, 0.1) is 0 Å². The number of carbonyl (C=O) groups excluding carboxylic acids is 1. The number of amides is 1. The van der Waals surface area contributed by atoms with Crippen LogP contribution in [0.25, 0.3) is 10.2 Å². The van der Waals surface area contributed by atoms with Crippen LogP contribution in [0.5, 0.6) is 5.75 Å². The van der Waals surface area contributed by atoms with E-state index in [0.29, 0.717) is 27.4 Å². The molecule has 2 heterocycles. The Balaban J connectivity index is 1.80. The van der Waals surface area contributed by atoms with Crippen molar-refractivity contribution in [2.24, 2.45) is 0 Å². The first-order chi connectivity index (χ1) is 11.1. The second-order valence-electron chi connectivity index (χ2n) is 5.04. The van der Waals surface area contributed by atoms with Gasteiger partial charge >= 0.3 is 0 Å². The quantitative estimate of drug-likeness (QED) is 0.797. The van der Waals surface area contributed by atoms with E-state index in [0.717, 1.165) is 0 Å². The highest BCUT2D eigenvalue weighted by Gasteiger charge is 2.14. The number of hydrogen-bond acceptors (Lipinski definition) is 5. The highest BCUT2D eigenvalue weighted by molar-refractivity contribution is 7.17. The molecule has 118 valence electrons. The van der Waals surface area contributed by atoms with Gasteiger partial charge in [-0.15, -0.1) is 11.3 Å². The van der Waals surface area contributed by atoms with Crippen LogP contribution < -0.4 is 10.3 Å². The largest absolute Gasteiger partial charge is 0.497 e. The molecule has 0 atom stereocenters. The predicted molar refractivity (Wildman–Crippen MR) is 89.0 cm³/mol. The first kappa shape index (κ1) is 15.2. The van der Waals surface area contributed by atoms with Gasteiger partial charge in [-0.25, -0.2) is 4.98 Å². The van der Waals surface area contributed by atoms with Gasteiger partial charge in [0.1, 0.15) is 16.3 Å². The SMILES string of the molecule is COc1ccc(C(=O)N(C)Cc2nc3ccsc3c(=O)[nH]2)cc1. The molecule has 0 saturated heterocycles. The number of thiophene rings is 1. The number of rotatable bonds is 4. The van der Waals surface area contributed by atoms with Gasteiger partial charge in [0.25, 0.3) is 11.5 Å². The van der Waals surface area contributed by atoms with Crippen LogP contribution >= 0.6 is 11.3 Å². The summed E-state index contributed by atoms with van der Waals surface area (Å²) in [5.74, 6) is 1.00. The van der Waals surface area contributed by atoms with Crippen molar-refractivity contribution in [3.05, 3.63) is 57.5 Å². The number of H-pyrrole nitrogens is 1. The maximum Gasteiger partial charge on any atom is 0.268 e. The summed E-state index contributed by atoms with van der Waals surface area (Å²) in [7, 11) is 3.25. The van der Waals surface area contributed by atoms with Crippen LogP contribution in [0.1, 0.15) is 16.2 Å². The molecule has 0 aliphatic heterocycles. The molecule has 0 aliphatic carbocycles. The van der Waals surface area contributed by atoms with Crippen LogP contribution in [-0.4, -0.2) is 34.9 Å². The summed E-state index contributed by atoms with van der Waals surface area (Å²) in [6.07, 6.45) is 0. The zero-order valence-corrected chi connectivity index (χ0v) is 13.5. The number of fused-ring (bicyclic) bond motifs is 1. The summed E-state index contributed by atoms with van der Waals surface area (Å²) >= 11 is 1.35. The second-order valence-corrected chi connectivity index (χ2v) is 5.95. The highest BCUT2D eigenvalue weighted by atomic mass is 32.1. The van der Waals surface area contributed by atoms with Gasteiger partial charge in [-0.2, -0.15) is 0 Å². The Hall–Kier alpha value is -2.67. The molecule has 3 rings (SSSR count). The van der Waals surface area contributed by atoms with Crippen molar-refractivity contribution in [3.63, 3.8) is 0 Å². The Morgan fingerprint density at radius 3 is 2.74 bits per heavy atom. The van der Waals surface area contributed by atoms with E-state index in [9.17, 15) is 9.59 Å². The molecule has 0 unspecified atom stereocenters. The second kappa shape index (κ2) is 6.21. The Morgan fingerprint density at radius 1 is 1.30 bits per heavy atom. The number of benzene rings is 1. The molecule has 1 amide bonds. The van der Waals surface area contributed by atoms with Crippen molar-refractivity contribution in [2.75, 3.05) is 14.2 Å². The molecule has 0 aliphatic rings. The Kier molecular flexibility index (Phi) is 4.12. The van der Waals surface area contributed by atoms with Gasteiger partial charge < -0.3 is 14.6 Å². The van der Waals surface area contributed by atoms with Gasteiger partial charge in [-0.3, -0.25) is 9.59 Å². The number of carbonyl (C=O) groups is 1. The zero-order chi connectivity index (χ0) is 16.4. The van der Waals surface area contributed by atoms with Gasteiger partial charge in [0.2, 0.25) is 0 Å². The van der Waals surface area contributed by atoms with E-state index < -0.39 is 0 Å². The van der Waals surface area contributed by atoms with Crippen molar-refractivity contribution in [1.29, 1.82) is 0 Å². The molecule has 0 spiro atoms. The van der Waals surface area contributed by atoms with Crippen molar-refractivity contribution in [2.45, 2.75) is 6.54 Å². The van der Waals surface area contributed by atoms with Crippen LogP contribution in [0.3, 0.4) is 0 Å². The summed E-state index contributed by atoms with van der Waals surface area (Å²) in [6.45, 7) is 0.228. The number of aromatic nitrogens is 2. The molecule has 6 nitrogen and oxygen atoms in total. The van der Waals surface area contributed by atoms with E-state index in [4.69, 9.17) is 4.74 Å². The maximum atomic E-state index is 12.4. The lowest BCUT2D eigenvalue weighted by Crippen LogP contribution is -2.28. The van der Waals surface area contributed by atoms with Gasteiger partial charge in [-0.1, -0.05) is 0 Å². The topological polar surface area (TPSA) is 75.3 Å². The number of nitrogens with one attached hydrogen (secondary N) is 1. The summed E-state index contributed by atoms with van der Waals surface area (Å²) < 4.78 is 5.67. The summed E-state index contributed by atoms with van der Waals surface area (Å²) in [5, 5.41) is 1.82. The third-order valence-corrected chi connectivity index (χ3v) is 4.34. The molecular formula is C16H15N3O3S. The third-order valence-electron chi connectivity index (χ3n) is 3.43. The van der Waals surface area contributed by atoms with E-state index in [-0.39, 0.29) is 18.0 Å². The molecule has 0 radical (unpaired) electrons. The van der Waals surface area contributed by atoms with Crippen LogP contribution in [0.2, 0.25) is 0 Å². The first-order valence-electron chi connectivity index (χ1n) is 6.94. The molecule has 3 aromatic rings. The van der Waals surface area contributed by atoms with Gasteiger partial charge in [0.05, 0.1) is 19.2 Å². The molecule has 0 bridgehead atoms. The van der Waals surface area contributed by atoms with Crippen molar-refractivity contribution < 1.29 is 9.53 Å². The number of hydrogen-bond donors (Lipinski definition) is 1. The fraction of sp³-hybridized carbons (Fsp3) is 0.188. The fourth-order valence-corrected chi connectivity index (χ4v) is 2.97. The molecule has 23 heavy (non-hydrogen) atoms. The zero-order valence-electron chi connectivity index (χ0n) is 12.7. The summed E-state index contributed by atoms with van der Waals surface area (Å²) in [5.41, 5.74) is 1.02. The summed E-state index contributed by atoms with van der Waals surface area (Å²) in [4.78, 5) is 33.0. The van der Waals surface area contributed by atoms with E-state index in [1.165, 1.54) is 16.2 Å². The van der Waals surface area contributed by atoms with Gasteiger partial charge in [0, 0.05) is 12.6 Å². The Morgan fingerprint density at radius 2 is 2.04 bits per heavy atom. The molecular weight excluding hydrogens is 314 g/mol. The summed E-state index contributed by atoms with van der Waals surface area (Å²) in [6, 6.07) is 8.67. The number of nitrogens with zero attached hydrogens (tertiary/aromatic N) is 2. The van der Waals surface area contributed by atoms with Gasteiger partial charge in [0.15, 0.2) is 0 Å². The minimum Gasteiger partial charge on any atom is -0.497 e.